The van der Waals surface area contributed by atoms with Crippen molar-refractivity contribution in [2.75, 3.05) is 19.6 Å². The monoisotopic (exact) mass is 267 g/mol. The van der Waals surface area contributed by atoms with E-state index in [4.69, 9.17) is 4.99 Å². The van der Waals surface area contributed by atoms with Crippen LogP contribution >= 0.6 is 0 Å². The van der Waals surface area contributed by atoms with Crippen LogP contribution in [0.2, 0.25) is 0 Å². The van der Waals surface area contributed by atoms with Gasteiger partial charge in [0.15, 0.2) is 5.96 Å². The smallest absolute Gasteiger partial charge is 0.191 e. The fourth-order valence-electron chi connectivity index (χ4n) is 2.90. The molecule has 0 saturated heterocycles. The Morgan fingerprint density at radius 1 is 1.11 bits per heavy atom. The summed E-state index contributed by atoms with van der Waals surface area (Å²) in [6.07, 6.45) is 8.18. The number of rotatable bonds is 6. The highest BCUT2D eigenvalue weighted by Crippen LogP contribution is 2.43. The van der Waals surface area contributed by atoms with Crippen LogP contribution in [-0.2, 0) is 0 Å². The van der Waals surface area contributed by atoms with E-state index in [2.05, 4.69) is 24.5 Å². The van der Waals surface area contributed by atoms with E-state index in [1.165, 1.54) is 25.7 Å². The summed E-state index contributed by atoms with van der Waals surface area (Å²) in [5.41, 5.74) is -0.0369. The van der Waals surface area contributed by atoms with Crippen molar-refractivity contribution in [1.29, 1.82) is 0 Å². The summed E-state index contributed by atoms with van der Waals surface area (Å²) in [6, 6.07) is 0. The molecule has 0 bridgehead atoms. The fraction of sp³-hybridized carbons (Fsp3) is 0.933. The van der Waals surface area contributed by atoms with Crippen LogP contribution in [0.15, 0.2) is 4.99 Å². The third kappa shape index (κ3) is 3.62. The molecule has 0 atom stereocenters. The Kier molecular flexibility index (Phi) is 4.71. The molecule has 0 aromatic carbocycles. The molecule has 4 nitrogen and oxygen atoms in total. The van der Waals surface area contributed by atoms with Crippen LogP contribution in [0, 0.1) is 5.41 Å². The third-order valence-electron chi connectivity index (χ3n) is 4.95. The van der Waals surface area contributed by atoms with Gasteiger partial charge < -0.3 is 15.7 Å². The maximum absolute atomic E-state index is 10.1. The maximum Gasteiger partial charge on any atom is 0.191 e. The quantitative estimate of drug-likeness (QED) is 0.510. The molecule has 0 heterocycles. The zero-order valence-corrected chi connectivity index (χ0v) is 12.5. The van der Waals surface area contributed by atoms with Crippen LogP contribution in [0.25, 0.3) is 0 Å². The number of guanidine groups is 1. The predicted molar refractivity (Wildman–Crippen MR) is 79.4 cm³/mol. The Bertz CT molecular complexity index is 314. The van der Waals surface area contributed by atoms with E-state index in [-0.39, 0.29) is 0 Å². The van der Waals surface area contributed by atoms with Crippen LogP contribution in [0.3, 0.4) is 0 Å². The summed E-state index contributed by atoms with van der Waals surface area (Å²) in [5, 5.41) is 16.7. The molecular formula is C15H29N3O. The zero-order valence-electron chi connectivity index (χ0n) is 12.5. The highest BCUT2D eigenvalue weighted by atomic mass is 16.3. The Morgan fingerprint density at radius 3 is 2.21 bits per heavy atom. The number of nitrogens with zero attached hydrogens (tertiary/aromatic N) is 1. The molecular weight excluding hydrogens is 238 g/mol. The van der Waals surface area contributed by atoms with Gasteiger partial charge in [-0.1, -0.05) is 13.3 Å². The first kappa shape index (κ1) is 14.6. The molecule has 0 radical (unpaired) electrons. The highest BCUT2D eigenvalue weighted by Gasteiger charge is 2.36. The molecule has 19 heavy (non-hydrogen) atoms. The van der Waals surface area contributed by atoms with Gasteiger partial charge in [-0.25, -0.2) is 0 Å². The summed E-state index contributed by atoms with van der Waals surface area (Å²) in [7, 11) is 0. The molecule has 110 valence electrons. The van der Waals surface area contributed by atoms with Gasteiger partial charge in [0.05, 0.1) is 5.60 Å². The molecule has 0 aromatic rings. The van der Waals surface area contributed by atoms with Crippen LogP contribution in [-0.4, -0.2) is 36.3 Å². The minimum atomic E-state index is -0.491. The van der Waals surface area contributed by atoms with Gasteiger partial charge in [0.1, 0.15) is 0 Å². The summed E-state index contributed by atoms with van der Waals surface area (Å²) in [5.74, 6) is 0.863. The lowest BCUT2D eigenvalue weighted by atomic mass is 9.67. The molecule has 0 spiro atoms. The number of hydrogen-bond acceptors (Lipinski definition) is 2. The largest absolute Gasteiger partial charge is 0.388 e. The van der Waals surface area contributed by atoms with Gasteiger partial charge in [0.2, 0.25) is 0 Å². The average molecular weight is 267 g/mol. The minimum absolute atomic E-state index is 0.454. The van der Waals surface area contributed by atoms with Crippen molar-refractivity contribution in [3.05, 3.63) is 0 Å². The van der Waals surface area contributed by atoms with E-state index in [0.717, 1.165) is 38.3 Å². The molecule has 0 unspecified atom stereocenters. The molecule has 4 heteroatoms. The second-order valence-corrected chi connectivity index (χ2v) is 6.33. The molecule has 2 aliphatic rings. The Labute approximate surface area is 117 Å². The van der Waals surface area contributed by atoms with E-state index in [1.54, 1.807) is 0 Å². The number of hydrogen-bond donors (Lipinski definition) is 3. The second kappa shape index (κ2) is 6.12. The lowest BCUT2D eigenvalue weighted by molar-refractivity contribution is -0.0279. The molecule has 2 fully saturated rings. The van der Waals surface area contributed by atoms with Crippen molar-refractivity contribution in [3.63, 3.8) is 0 Å². The number of aliphatic imine (C=N–C) groups is 1. The first-order valence-electron chi connectivity index (χ1n) is 7.86. The van der Waals surface area contributed by atoms with E-state index in [0.29, 0.717) is 12.0 Å². The normalized spacial score (nSPS) is 24.3. The predicted octanol–water partition coefficient (Wildman–Crippen LogP) is 2.04. The van der Waals surface area contributed by atoms with Crippen molar-refractivity contribution in [3.8, 4) is 0 Å². The first-order valence-corrected chi connectivity index (χ1v) is 7.86. The molecule has 0 amide bonds. The van der Waals surface area contributed by atoms with Crippen LogP contribution in [0.5, 0.6) is 0 Å². The fourth-order valence-corrected chi connectivity index (χ4v) is 2.90. The third-order valence-corrected chi connectivity index (χ3v) is 4.95. The lowest BCUT2D eigenvalue weighted by Gasteiger charge is -2.40. The number of aliphatic hydroxyl groups is 1. The molecule has 2 aliphatic carbocycles. The van der Waals surface area contributed by atoms with Crippen LogP contribution < -0.4 is 10.6 Å². The van der Waals surface area contributed by atoms with E-state index in [1.807, 2.05) is 0 Å². The zero-order chi connectivity index (χ0) is 13.8. The van der Waals surface area contributed by atoms with Crippen molar-refractivity contribution in [2.24, 2.45) is 10.4 Å². The molecule has 0 aromatic heterocycles. The first-order chi connectivity index (χ1) is 9.11. The van der Waals surface area contributed by atoms with Crippen molar-refractivity contribution < 1.29 is 5.11 Å². The van der Waals surface area contributed by atoms with Crippen LogP contribution in [0.1, 0.15) is 58.8 Å². The number of nitrogens with one attached hydrogen (secondary N) is 2. The molecule has 3 N–H and O–H groups in total. The van der Waals surface area contributed by atoms with Gasteiger partial charge >= 0.3 is 0 Å². The molecule has 2 saturated carbocycles. The molecule has 0 aliphatic heterocycles. The van der Waals surface area contributed by atoms with E-state index < -0.39 is 5.60 Å². The Hall–Kier alpha value is -0.770. The summed E-state index contributed by atoms with van der Waals surface area (Å²) >= 11 is 0. The standard InChI is InChI=1S/C15H29N3O/c1-3-14(7-5-8-14)11-17-13(16-4-2)18-12-15(19)9-6-10-15/h19H,3-12H2,1-2H3,(H2,16,17,18). The van der Waals surface area contributed by atoms with Gasteiger partial charge in [-0.2, -0.15) is 0 Å². The van der Waals surface area contributed by atoms with Gasteiger partial charge in [-0.05, 0) is 50.9 Å². The summed E-state index contributed by atoms with van der Waals surface area (Å²) in [4.78, 5) is 4.72. The lowest BCUT2D eigenvalue weighted by Crippen LogP contribution is -2.51. The van der Waals surface area contributed by atoms with Gasteiger partial charge in [0.25, 0.3) is 0 Å². The van der Waals surface area contributed by atoms with Crippen molar-refractivity contribution >= 4 is 5.96 Å². The molecule has 2 rings (SSSR count). The Morgan fingerprint density at radius 2 is 1.79 bits per heavy atom. The Balaban J connectivity index is 1.83. The van der Waals surface area contributed by atoms with E-state index >= 15 is 0 Å². The minimum Gasteiger partial charge on any atom is -0.388 e. The summed E-state index contributed by atoms with van der Waals surface area (Å²) < 4.78 is 0. The van der Waals surface area contributed by atoms with E-state index in [9.17, 15) is 5.11 Å². The van der Waals surface area contributed by atoms with Gasteiger partial charge in [-0.15, -0.1) is 0 Å². The van der Waals surface area contributed by atoms with Crippen molar-refractivity contribution in [2.45, 2.75) is 64.4 Å². The maximum atomic E-state index is 10.1. The average Bonchev–Trinajstić information content (AvgIpc) is 2.32. The van der Waals surface area contributed by atoms with Gasteiger partial charge in [0, 0.05) is 19.6 Å². The topological polar surface area (TPSA) is 56.7 Å². The second-order valence-electron chi connectivity index (χ2n) is 6.33. The highest BCUT2D eigenvalue weighted by molar-refractivity contribution is 5.79. The summed E-state index contributed by atoms with van der Waals surface area (Å²) in [6.45, 7) is 6.75. The van der Waals surface area contributed by atoms with Gasteiger partial charge in [-0.3, -0.25) is 4.99 Å². The van der Waals surface area contributed by atoms with Crippen molar-refractivity contribution in [1.82, 2.24) is 10.6 Å². The van der Waals surface area contributed by atoms with Crippen LogP contribution in [0.4, 0.5) is 0 Å². The SMILES string of the molecule is CCNC(=NCC1(CC)CCC1)NCC1(O)CCC1.